The third kappa shape index (κ3) is 2.54. The minimum atomic E-state index is -0.710. The molecule has 0 fully saturated rings. The van der Waals surface area contributed by atoms with Crippen LogP contribution >= 0.6 is 0 Å². The number of hydrogen-bond donors (Lipinski definition) is 0. The van der Waals surface area contributed by atoms with Crippen LogP contribution in [0.3, 0.4) is 0 Å². The van der Waals surface area contributed by atoms with E-state index in [1.807, 2.05) is 0 Å². The maximum absolute atomic E-state index is 13.9. The van der Waals surface area contributed by atoms with E-state index in [0.29, 0.717) is 11.5 Å². The number of nitro benzene ring substituents is 1. The van der Waals surface area contributed by atoms with Gasteiger partial charge in [0.1, 0.15) is 12.4 Å². The van der Waals surface area contributed by atoms with Gasteiger partial charge in [-0.3, -0.25) is 10.1 Å². The highest BCUT2D eigenvalue weighted by Gasteiger charge is 2.26. The number of nitro groups is 1. The van der Waals surface area contributed by atoms with Gasteiger partial charge in [-0.25, -0.2) is 4.39 Å². The quantitative estimate of drug-likeness (QED) is 0.625. The number of allylic oxidation sites excluding steroid dienone is 2. The minimum absolute atomic E-state index is 0.0907. The van der Waals surface area contributed by atoms with Gasteiger partial charge < -0.3 is 9.47 Å². The van der Waals surface area contributed by atoms with Crippen molar-refractivity contribution in [1.29, 1.82) is 0 Å². The molecule has 0 aliphatic carbocycles. The van der Waals surface area contributed by atoms with Gasteiger partial charge in [0.15, 0.2) is 17.6 Å². The monoisotopic (exact) mass is 277 g/mol. The summed E-state index contributed by atoms with van der Waals surface area (Å²) >= 11 is 0. The van der Waals surface area contributed by atoms with Crippen LogP contribution in [-0.2, 0) is 9.47 Å². The first kappa shape index (κ1) is 13.8. The number of non-ortho nitro benzene ring substituents is 1. The molecule has 0 amide bonds. The zero-order valence-corrected chi connectivity index (χ0v) is 10.5. The molecular weight excluding hydrogens is 265 g/mol. The van der Waals surface area contributed by atoms with Crippen molar-refractivity contribution < 1.29 is 18.8 Å². The fourth-order valence-electron chi connectivity index (χ4n) is 1.83. The summed E-state index contributed by atoms with van der Waals surface area (Å²) in [5, 5.41) is 10.6. The highest BCUT2D eigenvalue weighted by Crippen LogP contribution is 2.31. The lowest BCUT2D eigenvalue weighted by atomic mass is 10.1. The van der Waals surface area contributed by atoms with E-state index in [1.165, 1.54) is 24.3 Å². The molecule has 1 atom stereocenters. The molecule has 0 spiro atoms. The molecule has 1 aliphatic rings. The van der Waals surface area contributed by atoms with Crippen molar-refractivity contribution in [3.8, 4) is 0 Å². The van der Waals surface area contributed by atoms with Crippen molar-refractivity contribution >= 4 is 5.69 Å². The molecule has 0 N–H and O–H groups in total. The van der Waals surface area contributed by atoms with E-state index in [2.05, 4.69) is 13.2 Å². The highest BCUT2D eigenvalue weighted by atomic mass is 19.1. The van der Waals surface area contributed by atoms with E-state index in [1.54, 1.807) is 0 Å². The minimum Gasteiger partial charge on any atom is -0.485 e. The summed E-state index contributed by atoms with van der Waals surface area (Å²) in [5.74, 6) is 0.0748. The van der Waals surface area contributed by atoms with Gasteiger partial charge in [0, 0.05) is 11.6 Å². The molecule has 6 heteroatoms. The summed E-state index contributed by atoms with van der Waals surface area (Å²) < 4.78 is 24.9. The van der Waals surface area contributed by atoms with Crippen LogP contribution in [0.15, 0.2) is 55.0 Å². The molecule has 5 nitrogen and oxygen atoms in total. The fraction of sp³-hybridized carbons (Fsp3) is 0.143. The van der Waals surface area contributed by atoms with Crippen LogP contribution in [0.2, 0.25) is 0 Å². The van der Waals surface area contributed by atoms with Gasteiger partial charge in [-0.1, -0.05) is 13.2 Å². The van der Waals surface area contributed by atoms with E-state index >= 15 is 0 Å². The number of halogens is 1. The molecular formula is C14H12FNO4. The molecule has 0 radical (unpaired) electrons. The van der Waals surface area contributed by atoms with Crippen molar-refractivity contribution in [2.24, 2.45) is 0 Å². The van der Waals surface area contributed by atoms with Crippen molar-refractivity contribution in [1.82, 2.24) is 0 Å². The largest absolute Gasteiger partial charge is 0.485 e. The summed E-state index contributed by atoms with van der Waals surface area (Å²) in [4.78, 5) is 9.92. The number of rotatable bonds is 4. The van der Waals surface area contributed by atoms with Crippen LogP contribution in [0.25, 0.3) is 0 Å². The van der Waals surface area contributed by atoms with E-state index in [4.69, 9.17) is 9.47 Å². The molecule has 0 saturated heterocycles. The molecule has 20 heavy (non-hydrogen) atoms. The van der Waals surface area contributed by atoms with Crippen molar-refractivity contribution in [3.05, 3.63) is 76.5 Å². The molecule has 1 unspecified atom stereocenters. The summed E-state index contributed by atoms with van der Waals surface area (Å²) in [7, 11) is 0. The van der Waals surface area contributed by atoms with Crippen molar-refractivity contribution in [2.45, 2.75) is 6.10 Å². The molecule has 1 heterocycles. The van der Waals surface area contributed by atoms with Gasteiger partial charge in [0.25, 0.3) is 5.69 Å². The Hall–Kier alpha value is -2.63. The maximum atomic E-state index is 13.9. The average molecular weight is 277 g/mol. The third-order valence-electron chi connectivity index (χ3n) is 2.81. The standard InChI is InChI=1S/C14H12FNO4/c1-3-12-13(4-2)20-14(8-19-12)10-6-5-9(16(17)18)7-11(10)15/h3-7,14H,1-2,8H2. The zero-order valence-electron chi connectivity index (χ0n) is 10.5. The number of nitrogens with zero attached hydrogens (tertiary/aromatic N) is 1. The van der Waals surface area contributed by atoms with Crippen LogP contribution < -0.4 is 0 Å². The molecule has 2 rings (SSSR count). The zero-order chi connectivity index (χ0) is 14.7. The van der Waals surface area contributed by atoms with Crippen LogP contribution in [0.5, 0.6) is 0 Å². The number of hydrogen-bond acceptors (Lipinski definition) is 4. The predicted molar refractivity (Wildman–Crippen MR) is 70.3 cm³/mol. The lowest BCUT2D eigenvalue weighted by Gasteiger charge is -2.27. The van der Waals surface area contributed by atoms with Gasteiger partial charge in [0.05, 0.1) is 11.0 Å². The summed E-state index contributed by atoms with van der Waals surface area (Å²) in [6.07, 6.45) is 2.22. The Morgan fingerprint density at radius 2 is 2.05 bits per heavy atom. The lowest BCUT2D eigenvalue weighted by Crippen LogP contribution is -2.18. The molecule has 104 valence electrons. The van der Waals surface area contributed by atoms with Crippen molar-refractivity contribution in [3.63, 3.8) is 0 Å². The summed E-state index contributed by atoms with van der Waals surface area (Å²) in [5.41, 5.74) is -0.118. The van der Waals surface area contributed by atoms with Gasteiger partial charge in [0.2, 0.25) is 0 Å². The first-order valence-corrected chi connectivity index (χ1v) is 5.79. The molecule has 0 aromatic heterocycles. The summed E-state index contributed by atoms with van der Waals surface area (Å²) in [6, 6.07) is 3.40. The predicted octanol–water partition coefficient (Wildman–Crippen LogP) is 3.41. The summed E-state index contributed by atoms with van der Waals surface area (Å²) in [6.45, 7) is 7.24. The topological polar surface area (TPSA) is 61.6 Å². The van der Waals surface area contributed by atoms with Crippen LogP contribution in [0.4, 0.5) is 10.1 Å². The van der Waals surface area contributed by atoms with Gasteiger partial charge in [-0.15, -0.1) is 0 Å². The Morgan fingerprint density at radius 3 is 2.60 bits per heavy atom. The van der Waals surface area contributed by atoms with E-state index in [-0.39, 0.29) is 17.9 Å². The fourth-order valence-corrected chi connectivity index (χ4v) is 1.83. The van der Waals surface area contributed by atoms with Crippen molar-refractivity contribution in [2.75, 3.05) is 6.61 Å². The SMILES string of the molecule is C=CC1=C(C=C)OC(c2ccc([N+](=O)[O-])cc2F)CO1. The molecule has 1 aromatic carbocycles. The van der Waals surface area contributed by atoms with Crippen LogP contribution in [0, 0.1) is 15.9 Å². The first-order chi connectivity index (χ1) is 9.56. The first-order valence-electron chi connectivity index (χ1n) is 5.79. The van der Waals surface area contributed by atoms with E-state index in [9.17, 15) is 14.5 Å². The Bertz CT molecular complexity index is 609. The second kappa shape index (κ2) is 5.56. The molecule has 1 aliphatic heterocycles. The Labute approximate surface area is 114 Å². The second-order valence-electron chi connectivity index (χ2n) is 4.02. The Kier molecular flexibility index (Phi) is 3.84. The van der Waals surface area contributed by atoms with E-state index in [0.717, 1.165) is 6.07 Å². The third-order valence-corrected chi connectivity index (χ3v) is 2.81. The molecule has 0 saturated carbocycles. The highest BCUT2D eigenvalue weighted by molar-refractivity contribution is 5.36. The second-order valence-corrected chi connectivity index (χ2v) is 4.02. The lowest BCUT2D eigenvalue weighted by molar-refractivity contribution is -0.385. The van der Waals surface area contributed by atoms with Gasteiger partial charge in [-0.05, 0) is 18.2 Å². The van der Waals surface area contributed by atoms with Crippen LogP contribution in [0.1, 0.15) is 11.7 Å². The normalized spacial score (nSPS) is 17.9. The van der Waals surface area contributed by atoms with Gasteiger partial charge >= 0.3 is 0 Å². The number of benzene rings is 1. The van der Waals surface area contributed by atoms with Gasteiger partial charge in [-0.2, -0.15) is 0 Å². The van der Waals surface area contributed by atoms with E-state index < -0.39 is 16.8 Å². The number of ether oxygens (including phenoxy) is 2. The smallest absolute Gasteiger partial charge is 0.272 e. The average Bonchev–Trinajstić information content (AvgIpc) is 2.46. The maximum Gasteiger partial charge on any atom is 0.272 e. The molecule has 1 aromatic rings. The van der Waals surface area contributed by atoms with Crippen LogP contribution in [-0.4, -0.2) is 11.5 Å². The molecule has 0 bridgehead atoms. The Morgan fingerprint density at radius 1 is 1.35 bits per heavy atom. The Balaban J connectivity index is 2.30.